The van der Waals surface area contributed by atoms with Crippen LogP contribution in [0.1, 0.15) is 0 Å². The van der Waals surface area contributed by atoms with Crippen molar-refractivity contribution in [2.75, 3.05) is 13.2 Å². The molecule has 1 heterocycles. The second-order valence-electron chi connectivity index (χ2n) is 2.00. The summed E-state index contributed by atoms with van der Waals surface area (Å²) in [4.78, 5) is 0. The van der Waals surface area contributed by atoms with Crippen molar-refractivity contribution in [2.45, 2.75) is 6.10 Å². The third-order valence-corrected chi connectivity index (χ3v) is 1.40. The molecule has 2 atom stereocenters. The highest BCUT2D eigenvalue weighted by atomic mass is 16.5. The molecule has 1 N–H and O–H groups in total. The van der Waals surface area contributed by atoms with Gasteiger partial charge in [0.25, 0.3) is 0 Å². The van der Waals surface area contributed by atoms with Crippen molar-refractivity contribution in [3.63, 3.8) is 0 Å². The molecule has 2 heteroatoms. The van der Waals surface area contributed by atoms with Crippen molar-refractivity contribution in [1.82, 2.24) is 0 Å². The van der Waals surface area contributed by atoms with E-state index in [9.17, 15) is 0 Å². The number of ether oxygens (including phenoxy) is 1. The summed E-state index contributed by atoms with van der Waals surface area (Å²) in [6.07, 6.45) is 1.42. The molecule has 0 bridgehead atoms. The third kappa shape index (κ3) is 0.904. The fraction of sp³-hybridized carbons (Fsp3) is 0.667. The van der Waals surface area contributed by atoms with E-state index in [1.165, 1.54) is 0 Å². The molecule has 1 rings (SSSR count). The minimum atomic E-state index is -0.313. The van der Waals surface area contributed by atoms with Crippen molar-refractivity contribution in [1.29, 1.82) is 0 Å². The maximum Gasteiger partial charge on any atom is 0.0858 e. The van der Waals surface area contributed by atoms with Crippen LogP contribution in [0.4, 0.5) is 0 Å². The Labute approximate surface area is 48.8 Å². The van der Waals surface area contributed by atoms with Crippen molar-refractivity contribution in [3.8, 4) is 0 Å². The van der Waals surface area contributed by atoms with Gasteiger partial charge in [0, 0.05) is 5.92 Å². The second-order valence-corrected chi connectivity index (χ2v) is 2.00. The van der Waals surface area contributed by atoms with Gasteiger partial charge in [0.15, 0.2) is 0 Å². The van der Waals surface area contributed by atoms with Gasteiger partial charge in [-0.1, -0.05) is 6.08 Å². The van der Waals surface area contributed by atoms with Crippen molar-refractivity contribution < 1.29 is 9.84 Å². The standard InChI is InChI=1S/C6H10O2/c1-2-5-3-8-4-6(5)7/h2,5-7H,1,3-4H2/t5-,6-/m1/s1. The summed E-state index contributed by atoms with van der Waals surface area (Å²) in [5, 5.41) is 8.99. The second kappa shape index (κ2) is 2.29. The summed E-state index contributed by atoms with van der Waals surface area (Å²) in [6.45, 7) is 4.65. The Kier molecular flexibility index (Phi) is 1.65. The van der Waals surface area contributed by atoms with Crippen LogP contribution in [0.5, 0.6) is 0 Å². The molecular formula is C6H10O2. The molecular weight excluding hydrogens is 104 g/mol. The predicted molar refractivity (Wildman–Crippen MR) is 30.5 cm³/mol. The highest BCUT2D eigenvalue weighted by Crippen LogP contribution is 2.12. The molecule has 0 aromatic rings. The zero-order valence-corrected chi connectivity index (χ0v) is 4.71. The maximum absolute atomic E-state index is 8.99. The van der Waals surface area contributed by atoms with Gasteiger partial charge in [0.05, 0.1) is 19.3 Å². The Morgan fingerprint density at radius 1 is 1.62 bits per heavy atom. The van der Waals surface area contributed by atoms with Gasteiger partial charge in [-0.25, -0.2) is 0 Å². The van der Waals surface area contributed by atoms with Gasteiger partial charge in [-0.3, -0.25) is 0 Å². The third-order valence-electron chi connectivity index (χ3n) is 1.40. The van der Waals surface area contributed by atoms with Crippen molar-refractivity contribution >= 4 is 0 Å². The van der Waals surface area contributed by atoms with E-state index in [0.29, 0.717) is 13.2 Å². The van der Waals surface area contributed by atoms with Crippen LogP contribution in [-0.4, -0.2) is 24.4 Å². The van der Waals surface area contributed by atoms with E-state index in [2.05, 4.69) is 6.58 Å². The van der Waals surface area contributed by atoms with E-state index >= 15 is 0 Å². The van der Waals surface area contributed by atoms with E-state index < -0.39 is 0 Å². The van der Waals surface area contributed by atoms with Crippen LogP contribution in [0.15, 0.2) is 12.7 Å². The molecule has 0 radical (unpaired) electrons. The average Bonchev–Trinajstić information content (AvgIpc) is 2.14. The zero-order chi connectivity index (χ0) is 5.98. The lowest BCUT2D eigenvalue weighted by Crippen LogP contribution is -2.14. The van der Waals surface area contributed by atoms with E-state index in [-0.39, 0.29) is 12.0 Å². The fourth-order valence-corrected chi connectivity index (χ4v) is 0.785. The average molecular weight is 114 g/mol. The highest BCUT2D eigenvalue weighted by Gasteiger charge is 2.22. The Bertz CT molecular complexity index is 90.5. The van der Waals surface area contributed by atoms with Gasteiger partial charge in [0.2, 0.25) is 0 Å². The fourth-order valence-electron chi connectivity index (χ4n) is 0.785. The maximum atomic E-state index is 8.99. The first-order valence-electron chi connectivity index (χ1n) is 2.73. The number of aliphatic hydroxyl groups is 1. The summed E-state index contributed by atoms with van der Waals surface area (Å²) in [6, 6.07) is 0. The Morgan fingerprint density at radius 3 is 2.62 bits per heavy atom. The Balaban J connectivity index is 2.41. The first kappa shape index (κ1) is 5.79. The summed E-state index contributed by atoms with van der Waals surface area (Å²) in [7, 11) is 0. The molecule has 46 valence electrons. The quantitative estimate of drug-likeness (QED) is 0.493. The Hall–Kier alpha value is -0.340. The molecule has 2 nitrogen and oxygen atoms in total. The minimum absolute atomic E-state index is 0.162. The van der Waals surface area contributed by atoms with Crippen LogP contribution in [0.3, 0.4) is 0 Å². The zero-order valence-electron chi connectivity index (χ0n) is 4.71. The summed E-state index contributed by atoms with van der Waals surface area (Å²) in [5.41, 5.74) is 0. The first-order chi connectivity index (χ1) is 3.84. The van der Waals surface area contributed by atoms with Crippen molar-refractivity contribution in [2.24, 2.45) is 5.92 Å². The summed E-state index contributed by atoms with van der Waals surface area (Å²) in [5.74, 6) is 0.162. The molecule has 0 spiro atoms. The molecule has 0 aromatic carbocycles. The molecule has 8 heavy (non-hydrogen) atoms. The van der Waals surface area contributed by atoms with Gasteiger partial charge in [-0.15, -0.1) is 6.58 Å². The number of rotatable bonds is 1. The lowest BCUT2D eigenvalue weighted by Gasteiger charge is -2.02. The highest BCUT2D eigenvalue weighted by molar-refractivity contribution is 4.87. The molecule has 0 aliphatic carbocycles. The largest absolute Gasteiger partial charge is 0.390 e. The van der Waals surface area contributed by atoms with E-state index in [1.54, 1.807) is 6.08 Å². The van der Waals surface area contributed by atoms with Gasteiger partial charge in [-0.2, -0.15) is 0 Å². The molecule has 0 aromatic heterocycles. The van der Waals surface area contributed by atoms with Gasteiger partial charge < -0.3 is 9.84 Å². The summed E-state index contributed by atoms with van der Waals surface area (Å²) >= 11 is 0. The molecule has 0 unspecified atom stereocenters. The van der Waals surface area contributed by atoms with E-state index in [1.807, 2.05) is 0 Å². The van der Waals surface area contributed by atoms with Crippen LogP contribution >= 0.6 is 0 Å². The SMILES string of the molecule is C=C[C@@H]1COC[C@H]1O. The smallest absolute Gasteiger partial charge is 0.0858 e. The molecule has 1 fully saturated rings. The predicted octanol–water partition coefficient (Wildman–Crippen LogP) is 0.180. The molecule has 1 aliphatic rings. The number of hydrogen-bond acceptors (Lipinski definition) is 2. The lowest BCUT2D eigenvalue weighted by molar-refractivity contribution is 0.123. The molecule has 0 saturated carbocycles. The van der Waals surface area contributed by atoms with Crippen LogP contribution in [0, 0.1) is 5.92 Å². The van der Waals surface area contributed by atoms with Crippen LogP contribution in [0.2, 0.25) is 0 Å². The lowest BCUT2D eigenvalue weighted by atomic mass is 10.1. The van der Waals surface area contributed by atoms with Gasteiger partial charge >= 0.3 is 0 Å². The minimum Gasteiger partial charge on any atom is -0.390 e. The van der Waals surface area contributed by atoms with Gasteiger partial charge in [0.1, 0.15) is 0 Å². The van der Waals surface area contributed by atoms with Crippen LogP contribution in [0.25, 0.3) is 0 Å². The van der Waals surface area contributed by atoms with Gasteiger partial charge in [-0.05, 0) is 0 Å². The normalized spacial score (nSPS) is 37.6. The van der Waals surface area contributed by atoms with E-state index in [4.69, 9.17) is 9.84 Å². The monoisotopic (exact) mass is 114 g/mol. The number of aliphatic hydroxyl groups excluding tert-OH is 1. The van der Waals surface area contributed by atoms with Crippen molar-refractivity contribution in [3.05, 3.63) is 12.7 Å². The Morgan fingerprint density at radius 2 is 2.38 bits per heavy atom. The van der Waals surface area contributed by atoms with E-state index in [0.717, 1.165) is 0 Å². The van der Waals surface area contributed by atoms with Crippen LogP contribution < -0.4 is 0 Å². The molecule has 1 saturated heterocycles. The number of hydrogen-bond donors (Lipinski definition) is 1. The molecule has 0 amide bonds. The molecule has 1 aliphatic heterocycles. The first-order valence-corrected chi connectivity index (χ1v) is 2.73. The topological polar surface area (TPSA) is 29.5 Å². The summed E-state index contributed by atoms with van der Waals surface area (Å²) < 4.78 is 4.94. The van der Waals surface area contributed by atoms with Crippen LogP contribution in [-0.2, 0) is 4.74 Å².